The monoisotopic (exact) mass is 306 g/mol. The van der Waals surface area contributed by atoms with Gasteiger partial charge >= 0.3 is 0 Å². The third-order valence-electron chi connectivity index (χ3n) is 4.05. The van der Waals surface area contributed by atoms with Gasteiger partial charge in [0.2, 0.25) is 0 Å². The van der Waals surface area contributed by atoms with Gasteiger partial charge in [-0.15, -0.1) is 0 Å². The maximum absolute atomic E-state index is 14.2. The predicted molar refractivity (Wildman–Crippen MR) is 90.9 cm³/mol. The number of halogens is 1. The van der Waals surface area contributed by atoms with E-state index in [1.807, 2.05) is 30.9 Å². The summed E-state index contributed by atoms with van der Waals surface area (Å²) in [4.78, 5) is 6.21. The summed E-state index contributed by atoms with van der Waals surface area (Å²) in [5, 5.41) is 6.53. The summed E-state index contributed by atoms with van der Waals surface area (Å²) < 4.78 is 14.2. The van der Waals surface area contributed by atoms with Gasteiger partial charge in [0.15, 0.2) is 5.96 Å². The molecule has 0 aromatic heterocycles. The van der Waals surface area contributed by atoms with Crippen molar-refractivity contribution in [1.82, 2.24) is 10.6 Å². The molecule has 1 aromatic carbocycles. The Hall–Kier alpha value is -1.78. The van der Waals surface area contributed by atoms with Crippen molar-refractivity contribution >= 4 is 11.6 Å². The molecule has 22 heavy (non-hydrogen) atoms. The van der Waals surface area contributed by atoms with E-state index in [1.54, 1.807) is 13.1 Å². The normalized spacial score (nSPS) is 14.8. The van der Waals surface area contributed by atoms with Crippen molar-refractivity contribution in [1.29, 1.82) is 0 Å². The fourth-order valence-electron chi connectivity index (χ4n) is 2.45. The van der Waals surface area contributed by atoms with E-state index in [2.05, 4.69) is 15.6 Å². The summed E-state index contributed by atoms with van der Waals surface area (Å²) in [5.41, 5.74) is 1.59. The molecule has 1 aliphatic carbocycles. The van der Waals surface area contributed by atoms with Gasteiger partial charge in [0.25, 0.3) is 0 Å². The number of benzene rings is 1. The second-order valence-corrected chi connectivity index (χ2v) is 5.71. The highest BCUT2D eigenvalue weighted by molar-refractivity contribution is 5.79. The molecule has 5 heteroatoms. The average Bonchev–Trinajstić information content (AvgIpc) is 3.34. The molecule has 0 atom stereocenters. The zero-order valence-electron chi connectivity index (χ0n) is 13.8. The summed E-state index contributed by atoms with van der Waals surface area (Å²) in [6.07, 6.45) is 2.62. The standard InChI is InChI=1S/C17H27FN4/c1-4-22(5-2)16-9-8-14(10-15(16)18)12-21-17(19-3)20-11-13-6-7-13/h8-10,13H,4-7,11-12H2,1-3H3,(H2,19,20,21). The summed E-state index contributed by atoms with van der Waals surface area (Å²) >= 11 is 0. The lowest BCUT2D eigenvalue weighted by molar-refractivity contribution is 0.616. The first-order chi connectivity index (χ1) is 10.7. The molecule has 2 N–H and O–H groups in total. The fourth-order valence-corrected chi connectivity index (χ4v) is 2.45. The number of hydrogen-bond donors (Lipinski definition) is 2. The molecule has 0 aliphatic heterocycles. The van der Waals surface area contributed by atoms with E-state index >= 15 is 0 Å². The smallest absolute Gasteiger partial charge is 0.191 e. The van der Waals surface area contributed by atoms with Gasteiger partial charge < -0.3 is 15.5 Å². The Morgan fingerprint density at radius 2 is 2.00 bits per heavy atom. The second-order valence-electron chi connectivity index (χ2n) is 5.71. The van der Waals surface area contributed by atoms with Crippen LogP contribution in [0, 0.1) is 11.7 Å². The molecular formula is C17H27FN4. The van der Waals surface area contributed by atoms with E-state index in [9.17, 15) is 4.39 Å². The lowest BCUT2D eigenvalue weighted by Gasteiger charge is -2.22. The van der Waals surface area contributed by atoms with Gasteiger partial charge in [-0.2, -0.15) is 0 Å². The first kappa shape index (κ1) is 16.6. The molecule has 0 saturated heterocycles. The lowest BCUT2D eigenvalue weighted by Crippen LogP contribution is -2.37. The van der Waals surface area contributed by atoms with Crippen LogP contribution in [0.3, 0.4) is 0 Å². The number of nitrogens with zero attached hydrogens (tertiary/aromatic N) is 2. The van der Waals surface area contributed by atoms with Crippen LogP contribution in [-0.4, -0.2) is 32.6 Å². The molecule has 0 radical (unpaired) electrons. The number of aliphatic imine (C=N–C) groups is 1. The maximum Gasteiger partial charge on any atom is 0.191 e. The number of guanidine groups is 1. The Morgan fingerprint density at radius 3 is 2.55 bits per heavy atom. The minimum Gasteiger partial charge on any atom is -0.370 e. The molecule has 0 unspecified atom stereocenters. The third kappa shape index (κ3) is 4.61. The summed E-state index contributed by atoms with van der Waals surface area (Å²) in [7, 11) is 1.76. The van der Waals surface area contributed by atoms with Crippen LogP contribution in [0.4, 0.5) is 10.1 Å². The Morgan fingerprint density at radius 1 is 1.27 bits per heavy atom. The summed E-state index contributed by atoms with van der Waals surface area (Å²) in [5.74, 6) is 1.41. The van der Waals surface area contributed by atoms with E-state index in [0.29, 0.717) is 12.2 Å². The van der Waals surface area contributed by atoms with Crippen molar-refractivity contribution in [3.05, 3.63) is 29.6 Å². The van der Waals surface area contributed by atoms with Crippen molar-refractivity contribution in [3.8, 4) is 0 Å². The lowest BCUT2D eigenvalue weighted by atomic mass is 10.2. The van der Waals surface area contributed by atoms with Gasteiger partial charge in [0, 0.05) is 33.2 Å². The minimum absolute atomic E-state index is 0.163. The van der Waals surface area contributed by atoms with Crippen molar-refractivity contribution in [3.63, 3.8) is 0 Å². The average molecular weight is 306 g/mol. The Kier molecular flexibility index (Phi) is 6.04. The molecule has 2 rings (SSSR count). The fraction of sp³-hybridized carbons (Fsp3) is 0.588. The molecule has 1 saturated carbocycles. The van der Waals surface area contributed by atoms with E-state index in [-0.39, 0.29) is 5.82 Å². The van der Waals surface area contributed by atoms with Crippen LogP contribution in [0.2, 0.25) is 0 Å². The van der Waals surface area contributed by atoms with Crippen LogP contribution in [-0.2, 0) is 6.54 Å². The Labute approximate surface area is 132 Å². The molecule has 0 amide bonds. The quantitative estimate of drug-likeness (QED) is 0.601. The molecule has 1 fully saturated rings. The molecule has 4 nitrogen and oxygen atoms in total. The van der Waals surface area contributed by atoms with Crippen molar-refractivity contribution in [2.24, 2.45) is 10.9 Å². The molecule has 1 aliphatic rings. The van der Waals surface area contributed by atoms with Gasteiger partial charge in [-0.3, -0.25) is 4.99 Å². The molecular weight excluding hydrogens is 279 g/mol. The van der Waals surface area contributed by atoms with Gasteiger partial charge in [0.1, 0.15) is 5.82 Å². The van der Waals surface area contributed by atoms with E-state index in [0.717, 1.165) is 37.1 Å². The summed E-state index contributed by atoms with van der Waals surface area (Å²) in [6.45, 7) is 7.22. The number of hydrogen-bond acceptors (Lipinski definition) is 2. The van der Waals surface area contributed by atoms with Crippen molar-refractivity contribution < 1.29 is 4.39 Å². The largest absolute Gasteiger partial charge is 0.370 e. The van der Waals surface area contributed by atoms with E-state index in [1.165, 1.54) is 12.8 Å². The van der Waals surface area contributed by atoms with Gasteiger partial charge in [-0.1, -0.05) is 6.07 Å². The van der Waals surface area contributed by atoms with Crippen LogP contribution in [0.15, 0.2) is 23.2 Å². The predicted octanol–water partition coefficient (Wildman–Crippen LogP) is 2.75. The Balaban J connectivity index is 1.90. The van der Waals surface area contributed by atoms with Crippen LogP contribution in [0.5, 0.6) is 0 Å². The molecule has 1 aromatic rings. The van der Waals surface area contributed by atoms with Gasteiger partial charge in [-0.25, -0.2) is 4.39 Å². The summed E-state index contributed by atoms with van der Waals surface area (Å²) in [6, 6.07) is 5.44. The first-order valence-electron chi connectivity index (χ1n) is 8.15. The minimum atomic E-state index is -0.163. The maximum atomic E-state index is 14.2. The third-order valence-corrected chi connectivity index (χ3v) is 4.05. The number of anilines is 1. The number of rotatable bonds is 7. The zero-order chi connectivity index (χ0) is 15.9. The SMILES string of the molecule is CCN(CC)c1ccc(CNC(=NC)NCC2CC2)cc1F. The van der Waals surface area contributed by atoms with Crippen LogP contribution in [0.1, 0.15) is 32.3 Å². The highest BCUT2D eigenvalue weighted by Crippen LogP contribution is 2.27. The molecule has 0 bridgehead atoms. The molecule has 0 heterocycles. The van der Waals surface area contributed by atoms with Crippen molar-refractivity contribution in [2.45, 2.75) is 33.2 Å². The van der Waals surface area contributed by atoms with Crippen LogP contribution >= 0.6 is 0 Å². The van der Waals surface area contributed by atoms with E-state index < -0.39 is 0 Å². The van der Waals surface area contributed by atoms with Gasteiger partial charge in [-0.05, 0) is 50.3 Å². The topological polar surface area (TPSA) is 39.7 Å². The Bertz CT molecular complexity index is 507. The molecule has 122 valence electrons. The van der Waals surface area contributed by atoms with E-state index in [4.69, 9.17) is 0 Å². The number of nitrogens with one attached hydrogen (secondary N) is 2. The van der Waals surface area contributed by atoms with Crippen LogP contribution in [0.25, 0.3) is 0 Å². The first-order valence-corrected chi connectivity index (χ1v) is 8.15. The van der Waals surface area contributed by atoms with Crippen LogP contribution < -0.4 is 15.5 Å². The second kappa shape index (κ2) is 8.01. The highest BCUT2D eigenvalue weighted by Gasteiger charge is 2.21. The van der Waals surface area contributed by atoms with Crippen molar-refractivity contribution in [2.75, 3.05) is 31.6 Å². The zero-order valence-corrected chi connectivity index (χ0v) is 13.8. The van der Waals surface area contributed by atoms with Gasteiger partial charge in [0.05, 0.1) is 5.69 Å². The highest BCUT2D eigenvalue weighted by atomic mass is 19.1. The molecule has 0 spiro atoms.